The van der Waals surface area contributed by atoms with Gasteiger partial charge in [-0.05, 0) is 70.4 Å². The van der Waals surface area contributed by atoms with E-state index >= 15 is 0 Å². The lowest BCUT2D eigenvalue weighted by Gasteiger charge is -2.43. The Morgan fingerprint density at radius 1 is 0.672 bits per heavy atom. The molecule has 5 aromatic rings. The number of carbonyl (C=O) groups is 5. The largest absolute Gasteiger partial charge is 0.444 e. The molecular formula is C50H57N5O12. The highest BCUT2D eigenvalue weighted by molar-refractivity contribution is 5.94. The van der Waals surface area contributed by atoms with Gasteiger partial charge in [-0.3, -0.25) is 9.59 Å². The molecule has 2 heterocycles. The average Bonchev–Trinajstić information content (AvgIpc) is 3.80. The van der Waals surface area contributed by atoms with E-state index in [2.05, 4.69) is 21.3 Å². The van der Waals surface area contributed by atoms with Crippen LogP contribution in [-0.4, -0.2) is 110 Å². The molecule has 1 aliphatic heterocycles. The smallest absolute Gasteiger partial charge is 0.419 e. The number of nitrogens with one attached hydrogen (secondary N) is 4. The summed E-state index contributed by atoms with van der Waals surface area (Å²) in [5.41, 5.74) is 2.94. The number of nitrogens with zero attached hydrogens (tertiary/aromatic N) is 1. The molecular weight excluding hydrogens is 863 g/mol. The van der Waals surface area contributed by atoms with Crippen LogP contribution >= 0.6 is 0 Å². The summed E-state index contributed by atoms with van der Waals surface area (Å²) >= 11 is 0. The lowest BCUT2D eigenvalue weighted by atomic mass is 9.90. The Morgan fingerprint density at radius 2 is 1.27 bits per heavy atom. The van der Waals surface area contributed by atoms with Crippen molar-refractivity contribution in [3.8, 4) is 11.1 Å². The molecule has 7 atom stereocenters. The van der Waals surface area contributed by atoms with Gasteiger partial charge in [0, 0.05) is 41.7 Å². The van der Waals surface area contributed by atoms with Crippen molar-refractivity contribution in [1.29, 1.82) is 0 Å². The topological polar surface area (TPSA) is 236 Å². The first-order valence-electron chi connectivity index (χ1n) is 22.0. The first-order chi connectivity index (χ1) is 31.8. The Morgan fingerprint density at radius 3 is 1.91 bits per heavy atom. The van der Waals surface area contributed by atoms with Crippen molar-refractivity contribution in [3.05, 3.63) is 132 Å². The molecule has 0 bridgehead atoms. The van der Waals surface area contributed by atoms with Crippen molar-refractivity contribution >= 4 is 41.0 Å². The summed E-state index contributed by atoms with van der Waals surface area (Å²) < 4.78 is 24.5. The van der Waals surface area contributed by atoms with Gasteiger partial charge in [0.25, 0.3) is 0 Å². The molecule has 1 aromatic heterocycles. The van der Waals surface area contributed by atoms with Crippen LogP contribution in [0.3, 0.4) is 0 Å². The summed E-state index contributed by atoms with van der Waals surface area (Å²) in [4.78, 5) is 69.6. The van der Waals surface area contributed by atoms with E-state index in [-0.39, 0.29) is 13.0 Å². The summed E-state index contributed by atoms with van der Waals surface area (Å²) in [6.45, 7) is 9.51. The molecule has 2 unspecified atom stereocenters. The third-order valence-corrected chi connectivity index (χ3v) is 11.2. The number of aliphatic hydroxyl groups excluding tert-OH is 3. The second kappa shape index (κ2) is 20.0. The predicted molar refractivity (Wildman–Crippen MR) is 246 cm³/mol. The van der Waals surface area contributed by atoms with Crippen molar-refractivity contribution in [1.82, 2.24) is 25.8 Å². The van der Waals surface area contributed by atoms with E-state index in [1.165, 1.54) is 4.57 Å². The first kappa shape index (κ1) is 48.2. The monoisotopic (exact) mass is 919 g/mol. The van der Waals surface area contributed by atoms with Crippen LogP contribution in [0.25, 0.3) is 22.0 Å². The Kier molecular flexibility index (Phi) is 14.4. The lowest BCUT2D eigenvalue weighted by molar-refractivity contribution is -0.226. The number of carbonyl (C=O) groups excluding carboxylic acids is 5. The minimum Gasteiger partial charge on any atom is -0.444 e. The molecule has 1 fully saturated rings. The number of ether oxygens (including phenoxy) is 4. The summed E-state index contributed by atoms with van der Waals surface area (Å²) in [5, 5.41) is 45.0. The van der Waals surface area contributed by atoms with Crippen LogP contribution < -0.4 is 21.3 Å². The van der Waals surface area contributed by atoms with Gasteiger partial charge in [-0.2, -0.15) is 0 Å². The number of hydrogen-bond acceptors (Lipinski definition) is 12. The molecule has 1 aliphatic carbocycles. The SMILES string of the molecule is CC(C)(C)OC(=O)NC(C(=O)N[C@@H](Cc1cc2ccccc2n1C(=O)OC(C)(C)C)C(=O)NCc1ccccc1)[C@@H]1OC(CNC(=O)OC2c3ccccc3-c3ccccc32)[C@H](O)[C@H](O)[C@@H]1O. The van der Waals surface area contributed by atoms with E-state index in [9.17, 15) is 39.3 Å². The number of hydrogen-bond donors (Lipinski definition) is 7. The van der Waals surface area contributed by atoms with Crippen molar-refractivity contribution in [2.45, 2.75) is 114 Å². The quantitative estimate of drug-likeness (QED) is 0.0819. The molecule has 7 rings (SSSR count). The summed E-state index contributed by atoms with van der Waals surface area (Å²) in [5.74, 6) is -1.74. The lowest BCUT2D eigenvalue weighted by Crippen LogP contribution is -2.68. The van der Waals surface area contributed by atoms with E-state index in [1.807, 2.05) is 54.6 Å². The molecule has 2 aliphatic rings. The highest BCUT2D eigenvalue weighted by atomic mass is 16.6. The number of rotatable bonds is 12. The molecule has 0 radical (unpaired) electrons. The van der Waals surface area contributed by atoms with Crippen molar-refractivity contribution in [2.75, 3.05) is 6.54 Å². The zero-order valence-corrected chi connectivity index (χ0v) is 38.1. The molecule has 7 N–H and O–H groups in total. The third kappa shape index (κ3) is 11.4. The van der Waals surface area contributed by atoms with Crippen LogP contribution in [0, 0.1) is 0 Å². The maximum Gasteiger partial charge on any atom is 0.419 e. The van der Waals surface area contributed by atoms with Gasteiger partial charge in [0.05, 0.1) is 5.52 Å². The minimum atomic E-state index is -2.00. The van der Waals surface area contributed by atoms with Crippen molar-refractivity contribution in [2.24, 2.45) is 0 Å². The number of benzene rings is 4. The maximum absolute atomic E-state index is 14.7. The van der Waals surface area contributed by atoms with Crippen molar-refractivity contribution < 1.29 is 58.2 Å². The van der Waals surface area contributed by atoms with Gasteiger partial charge in [0.15, 0.2) is 6.10 Å². The number of aromatic nitrogens is 1. The molecule has 0 spiro atoms. The van der Waals surface area contributed by atoms with Crippen molar-refractivity contribution in [3.63, 3.8) is 0 Å². The van der Waals surface area contributed by atoms with Crippen LogP contribution in [-0.2, 0) is 41.5 Å². The highest BCUT2D eigenvalue weighted by Crippen LogP contribution is 2.45. The fraction of sp³-hybridized carbons (Fsp3) is 0.380. The molecule has 4 aromatic carbocycles. The van der Waals surface area contributed by atoms with Crippen LogP contribution in [0.2, 0.25) is 0 Å². The molecule has 4 amide bonds. The molecule has 0 saturated carbocycles. The van der Waals surface area contributed by atoms with E-state index < -0.39 is 96.5 Å². The Bertz CT molecular complexity index is 2560. The maximum atomic E-state index is 14.7. The Balaban J connectivity index is 1.16. The molecule has 67 heavy (non-hydrogen) atoms. The first-order valence-corrected chi connectivity index (χ1v) is 22.0. The second-order valence-electron chi connectivity index (χ2n) is 18.6. The molecule has 17 heteroatoms. The average molecular weight is 920 g/mol. The number of fused-ring (bicyclic) bond motifs is 4. The fourth-order valence-electron chi connectivity index (χ4n) is 8.20. The van der Waals surface area contributed by atoms with Crippen LogP contribution in [0.15, 0.2) is 109 Å². The summed E-state index contributed by atoms with van der Waals surface area (Å²) in [6.07, 6.45) is -12.8. The number of aliphatic hydroxyl groups is 3. The fourth-order valence-corrected chi connectivity index (χ4v) is 8.20. The van der Waals surface area contributed by atoms with Gasteiger partial charge in [0.1, 0.15) is 53.8 Å². The molecule has 1 saturated heterocycles. The Labute approximate surface area is 387 Å². The van der Waals surface area contributed by atoms with Gasteiger partial charge >= 0.3 is 18.3 Å². The minimum absolute atomic E-state index is 0.0616. The third-order valence-electron chi connectivity index (χ3n) is 11.2. The Hall–Kier alpha value is -6.79. The molecule has 354 valence electrons. The van der Waals surface area contributed by atoms with Crippen LogP contribution in [0.4, 0.5) is 14.4 Å². The van der Waals surface area contributed by atoms with Gasteiger partial charge in [-0.1, -0.05) is 97.1 Å². The second-order valence-corrected chi connectivity index (χ2v) is 18.6. The van der Waals surface area contributed by atoms with Gasteiger partial charge in [0.2, 0.25) is 11.8 Å². The number of alkyl carbamates (subject to hydrolysis) is 2. The van der Waals surface area contributed by atoms with E-state index in [0.29, 0.717) is 16.6 Å². The summed E-state index contributed by atoms with van der Waals surface area (Å²) in [6, 6.07) is 29.4. The van der Waals surface area contributed by atoms with Gasteiger partial charge in [-0.15, -0.1) is 0 Å². The standard InChI is InChI=1S/C50H57N5O12/c1-49(2,3)66-47(62)54-38(43-41(58)40(57)39(56)37(64-43)27-52-46(61)65-42-33-21-13-11-19-31(33)32-20-12-14-22-34(32)42)45(60)53-35(44(59)51-26-28-16-8-7-9-17-28)25-30-24-29-18-10-15-23-36(29)55(30)48(63)67-50(4,5)6/h7-24,35,37-43,56-58H,25-27H2,1-6H3,(H,51,59)(H,52,61)(H,53,60)(H,54,62)/t35-,37?,38?,39-,40-,41-,43-/m0/s1. The van der Waals surface area contributed by atoms with E-state index in [1.54, 1.807) is 96.1 Å². The highest BCUT2D eigenvalue weighted by Gasteiger charge is 2.50. The normalized spacial score (nSPS) is 20.1. The van der Waals surface area contributed by atoms with Gasteiger partial charge in [-0.25, -0.2) is 19.0 Å². The predicted octanol–water partition coefficient (Wildman–Crippen LogP) is 5.01. The number of para-hydroxylation sites is 1. The van der Waals surface area contributed by atoms with E-state index in [4.69, 9.17) is 18.9 Å². The van der Waals surface area contributed by atoms with Crippen LogP contribution in [0.5, 0.6) is 0 Å². The number of amides is 4. The zero-order valence-electron chi connectivity index (χ0n) is 38.1. The van der Waals surface area contributed by atoms with Gasteiger partial charge < -0.3 is 55.5 Å². The molecule has 17 nitrogen and oxygen atoms in total. The zero-order chi connectivity index (χ0) is 48.2. The van der Waals surface area contributed by atoms with E-state index in [0.717, 1.165) is 27.8 Å². The summed E-state index contributed by atoms with van der Waals surface area (Å²) in [7, 11) is 0. The van der Waals surface area contributed by atoms with Crippen LogP contribution in [0.1, 0.15) is 70.0 Å².